The monoisotopic (exact) mass is 272 g/mol. The maximum absolute atomic E-state index is 9.25. The van der Waals surface area contributed by atoms with Gasteiger partial charge < -0.3 is 14.8 Å². The number of aromatic nitrogens is 2. The number of aromatic hydroxyl groups is 1. The summed E-state index contributed by atoms with van der Waals surface area (Å²) in [5.74, 6) is 1.07. The number of nitrogens with one attached hydrogen (secondary N) is 1. The third-order valence-corrected chi connectivity index (χ3v) is 3.61. The first-order chi connectivity index (χ1) is 9.24. The summed E-state index contributed by atoms with van der Waals surface area (Å²) in [6, 6.07) is 12.8. The van der Waals surface area contributed by atoms with Crippen LogP contribution in [0.2, 0.25) is 0 Å². The van der Waals surface area contributed by atoms with Crippen LogP contribution < -0.4 is 4.74 Å². The minimum absolute atomic E-state index is 0.263. The Kier molecular flexibility index (Phi) is 3.05. The van der Waals surface area contributed by atoms with E-state index in [1.54, 1.807) is 19.2 Å². The van der Waals surface area contributed by atoms with Crippen LogP contribution >= 0.6 is 11.8 Å². The van der Waals surface area contributed by atoms with Gasteiger partial charge in [-0.2, -0.15) is 0 Å². The summed E-state index contributed by atoms with van der Waals surface area (Å²) in [6.45, 7) is 0. The molecule has 4 nitrogen and oxygen atoms in total. The Labute approximate surface area is 114 Å². The lowest BCUT2D eigenvalue weighted by Crippen LogP contribution is -1.81. The van der Waals surface area contributed by atoms with E-state index in [2.05, 4.69) is 9.97 Å². The first-order valence-electron chi connectivity index (χ1n) is 5.75. The molecule has 5 heteroatoms. The summed E-state index contributed by atoms with van der Waals surface area (Å²) in [6.07, 6.45) is 0. The number of H-pyrrole nitrogens is 1. The molecule has 2 aromatic carbocycles. The van der Waals surface area contributed by atoms with Crippen molar-refractivity contribution in [2.75, 3.05) is 7.11 Å². The van der Waals surface area contributed by atoms with Gasteiger partial charge in [-0.1, -0.05) is 11.8 Å². The zero-order valence-electron chi connectivity index (χ0n) is 10.3. The van der Waals surface area contributed by atoms with Crippen LogP contribution in [0.25, 0.3) is 11.0 Å². The number of aromatic amines is 1. The lowest BCUT2D eigenvalue weighted by atomic mass is 10.3. The Hall–Kier alpha value is -2.14. The Morgan fingerprint density at radius 1 is 1.16 bits per heavy atom. The van der Waals surface area contributed by atoms with E-state index >= 15 is 0 Å². The second-order valence-corrected chi connectivity index (χ2v) is 5.08. The van der Waals surface area contributed by atoms with E-state index in [9.17, 15) is 5.11 Å². The second kappa shape index (κ2) is 4.85. The Morgan fingerprint density at radius 3 is 2.68 bits per heavy atom. The maximum atomic E-state index is 9.25. The smallest absolute Gasteiger partial charge is 0.171 e. The molecule has 96 valence electrons. The van der Waals surface area contributed by atoms with E-state index in [4.69, 9.17) is 4.74 Å². The van der Waals surface area contributed by atoms with Crippen LogP contribution in [-0.4, -0.2) is 22.2 Å². The number of imidazole rings is 1. The molecule has 0 bridgehead atoms. The van der Waals surface area contributed by atoms with E-state index in [-0.39, 0.29) is 5.75 Å². The number of benzene rings is 2. The highest BCUT2D eigenvalue weighted by Gasteiger charge is 2.05. The Balaban J connectivity index is 1.90. The number of methoxy groups -OCH3 is 1. The highest BCUT2D eigenvalue weighted by Crippen LogP contribution is 2.29. The molecule has 0 saturated carbocycles. The minimum Gasteiger partial charge on any atom is -0.508 e. The fourth-order valence-corrected chi connectivity index (χ4v) is 2.57. The van der Waals surface area contributed by atoms with Crippen LogP contribution in [0.1, 0.15) is 0 Å². The molecule has 0 aliphatic heterocycles. The van der Waals surface area contributed by atoms with Crippen LogP contribution in [0.5, 0.6) is 11.5 Å². The molecule has 0 amide bonds. The third-order valence-electron chi connectivity index (χ3n) is 2.72. The fraction of sp³-hybridized carbons (Fsp3) is 0.0714. The number of fused-ring (bicyclic) bond motifs is 1. The van der Waals surface area contributed by atoms with Gasteiger partial charge in [0.25, 0.3) is 0 Å². The topological polar surface area (TPSA) is 58.1 Å². The summed E-state index contributed by atoms with van der Waals surface area (Å²) in [5.41, 5.74) is 1.85. The molecule has 0 radical (unpaired) electrons. The van der Waals surface area contributed by atoms with Gasteiger partial charge in [-0.3, -0.25) is 0 Å². The number of rotatable bonds is 3. The van der Waals surface area contributed by atoms with Crippen LogP contribution in [0.15, 0.2) is 52.5 Å². The van der Waals surface area contributed by atoms with E-state index < -0.39 is 0 Å². The second-order valence-electron chi connectivity index (χ2n) is 4.02. The molecule has 1 aromatic heterocycles. The third kappa shape index (κ3) is 2.51. The Bertz CT molecular complexity index is 707. The normalized spacial score (nSPS) is 10.8. The van der Waals surface area contributed by atoms with Crippen molar-refractivity contribution in [1.29, 1.82) is 0 Å². The first kappa shape index (κ1) is 11.9. The molecule has 0 saturated heterocycles. The number of phenols is 1. The van der Waals surface area contributed by atoms with Gasteiger partial charge in [0.1, 0.15) is 11.5 Å². The summed E-state index contributed by atoms with van der Waals surface area (Å²) in [7, 11) is 1.64. The number of phenolic OH excluding ortho intramolecular Hbond substituents is 1. The zero-order valence-corrected chi connectivity index (χ0v) is 11.1. The largest absolute Gasteiger partial charge is 0.508 e. The van der Waals surface area contributed by atoms with Gasteiger partial charge >= 0.3 is 0 Å². The molecule has 0 atom stereocenters. The highest BCUT2D eigenvalue weighted by atomic mass is 32.2. The molecule has 0 aliphatic rings. The number of ether oxygens (including phenoxy) is 1. The van der Waals surface area contributed by atoms with Gasteiger partial charge in [0.15, 0.2) is 5.16 Å². The van der Waals surface area contributed by atoms with E-state index in [1.807, 2.05) is 30.3 Å². The maximum Gasteiger partial charge on any atom is 0.171 e. The van der Waals surface area contributed by atoms with Crippen molar-refractivity contribution in [3.63, 3.8) is 0 Å². The summed E-state index contributed by atoms with van der Waals surface area (Å²) in [5, 5.41) is 10.1. The van der Waals surface area contributed by atoms with Crippen molar-refractivity contribution in [2.24, 2.45) is 0 Å². The highest BCUT2D eigenvalue weighted by molar-refractivity contribution is 7.99. The molecule has 3 aromatic rings. The average molecular weight is 272 g/mol. The predicted molar refractivity (Wildman–Crippen MR) is 74.9 cm³/mol. The van der Waals surface area contributed by atoms with Crippen LogP contribution in [0.3, 0.4) is 0 Å². The van der Waals surface area contributed by atoms with Crippen molar-refractivity contribution in [2.45, 2.75) is 10.1 Å². The van der Waals surface area contributed by atoms with Gasteiger partial charge in [-0.15, -0.1) is 0 Å². The summed E-state index contributed by atoms with van der Waals surface area (Å²) >= 11 is 1.52. The average Bonchev–Trinajstić information content (AvgIpc) is 2.82. The molecule has 19 heavy (non-hydrogen) atoms. The number of nitrogens with zero attached hydrogens (tertiary/aromatic N) is 1. The first-order valence-corrected chi connectivity index (χ1v) is 6.57. The molecule has 0 fully saturated rings. The van der Waals surface area contributed by atoms with E-state index in [1.165, 1.54) is 11.8 Å². The summed E-state index contributed by atoms with van der Waals surface area (Å²) in [4.78, 5) is 8.76. The van der Waals surface area contributed by atoms with Gasteiger partial charge in [0.2, 0.25) is 0 Å². The molecule has 3 rings (SSSR count). The lowest BCUT2D eigenvalue weighted by Gasteiger charge is -1.97. The van der Waals surface area contributed by atoms with Gasteiger partial charge in [-0.05, 0) is 36.4 Å². The SMILES string of the molecule is COc1ccc2nc(Sc3ccc(O)cc3)[nH]c2c1. The number of hydrogen-bond acceptors (Lipinski definition) is 4. The standard InChI is InChI=1S/C14H12N2O2S/c1-18-10-4-7-12-13(8-10)16-14(15-12)19-11-5-2-9(17)3-6-11/h2-8,17H,1H3,(H,15,16). The predicted octanol–water partition coefficient (Wildman–Crippen LogP) is 3.43. The van der Waals surface area contributed by atoms with Gasteiger partial charge in [0.05, 0.1) is 18.1 Å². The molecule has 1 heterocycles. The quantitative estimate of drug-likeness (QED) is 0.767. The van der Waals surface area contributed by atoms with Gasteiger partial charge in [-0.25, -0.2) is 4.98 Å². The van der Waals surface area contributed by atoms with Crippen molar-refractivity contribution in [3.8, 4) is 11.5 Å². The van der Waals surface area contributed by atoms with Crippen molar-refractivity contribution >= 4 is 22.8 Å². The van der Waals surface area contributed by atoms with Crippen molar-refractivity contribution < 1.29 is 9.84 Å². The van der Waals surface area contributed by atoms with Crippen LogP contribution in [0.4, 0.5) is 0 Å². The van der Waals surface area contributed by atoms with E-state index in [0.717, 1.165) is 26.8 Å². The molecule has 2 N–H and O–H groups in total. The minimum atomic E-state index is 0.263. The molecular weight excluding hydrogens is 260 g/mol. The van der Waals surface area contributed by atoms with Crippen molar-refractivity contribution in [3.05, 3.63) is 42.5 Å². The number of hydrogen-bond donors (Lipinski definition) is 2. The lowest BCUT2D eigenvalue weighted by molar-refractivity contribution is 0.415. The Morgan fingerprint density at radius 2 is 1.95 bits per heavy atom. The molecular formula is C14H12N2O2S. The molecule has 0 unspecified atom stereocenters. The van der Waals surface area contributed by atoms with Gasteiger partial charge in [0, 0.05) is 11.0 Å². The summed E-state index contributed by atoms with van der Waals surface area (Å²) < 4.78 is 5.18. The van der Waals surface area contributed by atoms with E-state index in [0.29, 0.717) is 0 Å². The fourth-order valence-electron chi connectivity index (χ4n) is 1.77. The van der Waals surface area contributed by atoms with Crippen LogP contribution in [-0.2, 0) is 0 Å². The molecule has 0 aliphatic carbocycles. The van der Waals surface area contributed by atoms with Crippen molar-refractivity contribution in [1.82, 2.24) is 9.97 Å². The molecule has 0 spiro atoms. The zero-order chi connectivity index (χ0) is 13.2. The van der Waals surface area contributed by atoms with Crippen LogP contribution in [0, 0.1) is 0 Å².